The van der Waals surface area contributed by atoms with E-state index in [9.17, 15) is 13.2 Å². The molecule has 0 aliphatic carbocycles. The molecule has 182 valence electrons. The maximum absolute atomic E-state index is 12.9. The quantitative estimate of drug-likeness (QED) is 0.438. The fourth-order valence-electron chi connectivity index (χ4n) is 3.59. The van der Waals surface area contributed by atoms with E-state index in [0.717, 1.165) is 31.2 Å². The third-order valence-corrected chi connectivity index (χ3v) is 7.50. The number of benzene rings is 2. The van der Waals surface area contributed by atoms with Crippen LogP contribution in [0.1, 0.15) is 31.2 Å². The Morgan fingerprint density at radius 3 is 2.24 bits per heavy atom. The molecule has 0 spiro atoms. The lowest BCUT2D eigenvalue weighted by Gasteiger charge is -2.20. The number of thiocarbonyl (C=S) groups is 1. The van der Waals surface area contributed by atoms with Crippen molar-refractivity contribution in [3.63, 3.8) is 0 Å². The summed E-state index contributed by atoms with van der Waals surface area (Å²) in [6.45, 7) is 1.10. The fraction of sp³-hybridized carbons (Fsp3) is 0.333. The number of sulfonamides is 1. The first-order valence-electron chi connectivity index (χ1n) is 11.0. The minimum absolute atomic E-state index is 0.102. The van der Waals surface area contributed by atoms with Gasteiger partial charge in [-0.05, 0) is 73.1 Å². The lowest BCUT2D eigenvalue weighted by Crippen LogP contribution is -2.33. The lowest BCUT2D eigenvalue weighted by atomic mass is 10.2. The summed E-state index contributed by atoms with van der Waals surface area (Å²) in [6.07, 6.45) is 6.86. The van der Waals surface area contributed by atoms with E-state index >= 15 is 0 Å². The summed E-state index contributed by atoms with van der Waals surface area (Å²) >= 11 is 5.20. The molecular weight excluding hydrogens is 474 g/mol. The Bertz CT molecular complexity index is 1140. The first-order chi connectivity index (χ1) is 16.3. The van der Waals surface area contributed by atoms with Crippen LogP contribution in [0.5, 0.6) is 11.5 Å². The lowest BCUT2D eigenvalue weighted by molar-refractivity contribution is -0.115. The van der Waals surface area contributed by atoms with Gasteiger partial charge < -0.3 is 14.8 Å². The van der Waals surface area contributed by atoms with Gasteiger partial charge in [0.1, 0.15) is 0 Å². The Morgan fingerprint density at radius 1 is 0.971 bits per heavy atom. The molecule has 1 amide bonds. The number of hydrogen-bond donors (Lipinski definition) is 2. The molecule has 0 saturated carbocycles. The normalized spacial score (nSPS) is 14.9. The largest absolute Gasteiger partial charge is 0.493 e. The summed E-state index contributed by atoms with van der Waals surface area (Å²) in [7, 11) is -0.422. The van der Waals surface area contributed by atoms with Crippen molar-refractivity contribution in [2.75, 3.05) is 32.6 Å². The van der Waals surface area contributed by atoms with Crippen LogP contribution in [0, 0.1) is 0 Å². The number of rotatable bonds is 7. The van der Waals surface area contributed by atoms with E-state index in [0.29, 0.717) is 30.3 Å². The number of carbonyl (C=O) groups is 1. The molecule has 1 saturated heterocycles. The number of carbonyl (C=O) groups excluding carboxylic acids is 1. The molecule has 2 N–H and O–H groups in total. The average Bonchev–Trinajstić information content (AvgIpc) is 3.13. The highest BCUT2D eigenvalue weighted by Gasteiger charge is 2.24. The first kappa shape index (κ1) is 25.7. The van der Waals surface area contributed by atoms with Crippen molar-refractivity contribution in [1.82, 2.24) is 9.62 Å². The molecule has 0 unspecified atom stereocenters. The summed E-state index contributed by atoms with van der Waals surface area (Å²) in [5.41, 5.74) is 1.33. The van der Waals surface area contributed by atoms with Gasteiger partial charge in [0.2, 0.25) is 15.9 Å². The van der Waals surface area contributed by atoms with Crippen molar-refractivity contribution in [3.05, 3.63) is 54.1 Å². The maximum atomic E-state index is 12.9. The van der Waals surface area contributed by atoms with Gasteiger partial charge in [0.05, 0.1) is 19.1 Å². The first-order valence-corrected chi connectivity index (χ1v) is 12.8. The second-order valence-electron chi connectivity index (χ2n) is 7.73. The van der Waals surface area contributed by atoms with Crippen molar-refractivity contribution >= 4 is 45.0 Å². The molecule has 0 radical (unpaired) electrons. The van der Waals surface area contributed by atoms with Crippen molar-refractivity contribution < 1.29 is 22.7 Å². The van der Waals surface area contributed by atoms with Gasteiger partial charge in [-0.2, -0.15) is 4.31 Å². The summed E-state index contributed by atoms with van der Waals surface area (Å²) < 4.78 is 37.8. The van der Waals surface area contributed by atoms with E-state index in [2.05, 4.69) is 10.6 Å². The van der Waals surface area contributed by atoms with Gasteiger partial charge in [-0.15, -0.1) is 0 Å². The highest BCUT2D eigenvalue weighted by atomic mass is 32.2. The van der Waals surface area contributed by atoms with Crippen molar-refractivity contribution in [2.45, 2.75) is 30.6 Å². The average molecular weight is 504 g/mol. The van der Waals surface area contributed by atoms with E-state index in [4.69, 9.17) is 21.7 Å². The van der Waals surface area contributed by atoms with Gasteiger partial charge in [0.15, 0.2) is 16.6 Å². The third kappa shape index (κ3) is 6.78. The Labute approximate surface area is 206 Å². The van der Waals surface area contributed by atoms with E-state index in [-0.39, 0.29) is 10.0 Å². The molecule has 1 heterocycles. The number of hydrogen-bond acceptors (Lipinski definition) is 6. The van der Waals surface area contributed by atoms with Gasteiger partial charge in [-0.1, -0.05) is 18.9 Å². The Morgan fingerprint density at radius 2 is 1.62 bits per heavy atom. The van der Waals surface area contributed by atoms with Gasteiger partial charge in [-0.3, -0.25) is 10.1 Å². The van der Waals surface area contributed by atoms with E-state index in [1.165, 1.54) is 6.08 Å². The number of methoxy groups -OCH3 is 2. The molecule has 1 fully saturated rings. The van der Waals surface area contributed by atoms with Gasteiger partial charge in [-0.25, -0.2) is 8.42 Å². The predicted molar refractivity (Wildman–Crippen MR) is 137 cm³/mol. The van der Waals surface area contributed by atoms with Crippen LogP contribution in [-0.4, -0.2) is 51.1 Å². The monoisotopic (exact) mass is 503 g/mol. The van der Waals surface area contributed by atoms with Crippen LogP contribution in [0.25, 0.3) is 6.08 Å². The van der Waals surface area contributed by atoms with Gasteiger partial charge in [0, 0.05) is 24.9 Å². The van der Waals surface area contributed by atoms with Crippen molar-refractivity contribution in [2.24, 2.45) is 0 Å². The molecule has 0 atom stereocenters. The van der Waals surface area contributed by atoms with Crippen LogP contribution in [0.2, 0.25) is 0 Å². The Balaban J connectivity index is 1.56. The third-order valence-electron chi connectivity index (χ3n) is 5.39. The second-order valence-corrected chi connectivity index (χ2v) is 10.1. The number of amides is 1. The highest BCUT2D eigenvalue weighted by Crippen LogP contribution is 2.28. The standard InChI is InChI=1S/C24H29N3O5S2/c1-31-21-13-7-18(17-22(21)32-2)8-14-23(28)26-24(33)25-19-9-11-20(12-10-19)34(29,30)27-15-5-3-4-6-16-27/h7-14,17H,3-6,15-16H2,1-2H3,(H2,25,26,28,33)/b14-8+. The second kappa shape index (κ2) is 12.0. The molecule has 0 bridgehead atoms. The molecular formula is C24H29N3O5S2. The van der Waals surface area contributed by atoms with E-state index in [1.54, 1.807) is 67.1 Å². The molecule has 1 aliphatic heterocycles. The minimum atomic E-state index is -3.52. The molecule has 2 aromatic carbocycles. The van der Waals surface area contributed by atoms with Crippen LogP contribution in [0.15, 0.2) is 53.4 Å². The maximum Gasteiger partial charge on any atom is 0.250 e. The number of nitrogens with one attached hydrogen (secondary N) is 2. The molecule has 0 aromatic heterocycles. The summed E-state index contributed by atoms with van der Waals surface area (Å²) in [5, 5.41) is 5.56. The van der Waals surface area contributed by atoms with Crippen LogP contribution in [0.3, 0.4) is 0 Å². The van der Waals surface area contributed by atoms with E-state index in [1.807, 2.05) is 0 Å². The highest BCUT2D eigenvalue weighted by molar-refractivity contribution is 7.89. The minimum Gasteiger partial charge on any atom is -0.493 e. The van der Waals surface area contributed by atoms with Crippen LogP contribution in [0.4, 0.5) is 5.69 Å². The van der Waals surface area contributed by atoms with Crippen molar-refractivity contribution in [1.29, 1.82) is 0 Å². The van der Waals surface area contributed by atoms with Crippen LogP contribution >= 0.6 is 12.2 Å². The molecule has 8 nitrogen and oxygen atoms in total. The molecule has 2 aromatic rings. The predicted octanol–water partition coefficient (Wildman–Crippen LogP) is 3.79. The van der Waals surface area contributed by atoms with Crippen molar-refractivity contribution in [3.8, 4) is 11.5 Å². The molecule has 10 heteroatoms. The fourth-order valence-corrected chi connectivity index (χ4v) is 5.32. The SMILES string of the molecule is COc1ccc(/C=C/C(=O)NC(=S)Nc2ccc(S(=O)(=O)N3CCCCCC3)cc2)cc1OC. The van der Waals surface area contributed by atoms with Gasteiger partial charge >= 0.3 is 0 Å². The molecule has 34 heavy (non-hydrogen) atoms. The zero-order valence-corrected chi connectivity index (χ0v) is 20.9. The van der Waals surface area contributed by atoms with Gasteiger partial charge in [0.25, 0.3) is 0 Å². The number of anilines is 1. The molecule has 3 rings (SSSR count). The zero-order chi connectivity index (χ0) is 24.6. The Hall–Kier alpha value is -2.95. The summed E-state index contributed by atoms with van der Waals surface area (Å²) in [4.78, 5) is 12.5. The summed E-state index contributed by atoms with van der Waals surface area (Å²) in [5.74, 6) is 0.746. The number of ether oxygens (including phenoxy) is 2. The van der Waals surface area contributed by atoms with E-state index < -0.39 is 15.9 Å². The molecule has 1 aliphatic rings. The Kier molecular flexibility index (Phi) is 9.03. The zero-order valence-electron chi connectivity index (χ0n) is 19.2. The van der Waals surface area contributed by atoms with Crippen LogP contribution < -0.4 is 20.1 Å². The van der Waals surface area contributed by atoms with Crippen LogP contribution in [-0.2, 0) is 14.8 Å². The smallest absolute Gasteiger partial charge is 0.250 e. The summed E-state index contributed by atoms with van der Waals surface area (Å²) in [6, 6.07) is 11.6. The number of nitrogens with zero attached hydrogens (tertiary/aromatic N) is 1. The topological polar surface area (TPSA) is 97.0 Å².